The Hall–Kier alpha value is -3.60. The first-order valence-corrected chi connectivity index (χ1v) is 9.92. The van der Waals surface area contributed by atoms with Crippen molar-refractivity contribution in [2.24, 2.45) is 5.10 Å². The standard InChI is InChI=1S/C25H24N2O3/c1-18-7-6-10-22(15-18)30-17-25(28)27-24(20-11-13-21(29-2)14-12-20)16-23(26-27)19-8-4-3-5-9-19/h3-15,24H,16-17H2,1-2H3/t24-/m0/s1. The molecule has 1 aliphatic rings. The third kappa shape index (κ3) is 4.35. The Morgan fingerprint density at radius 1 is 1.00 bits per heavy atom. The fraction of sp³-hybridized carbons (Fsp3) is 0.200. The van der Waals surface area contributed by atoms with Gasteiger partial charge in [-0.15, -0.1) is 0 Å². The number of ether oxygens (including phenoxy) is 2. The van der Waals surface area contributed by atoms with Gasteiger partial charge in [-0.05, 0) is 47.9 Å². The number of benzene rings is 3. The molecule has 0 unspecified atom stereocenters. The van der Waals surface area contributed by atoms with Crippen LogP contribution in [0.3, 0.4) is 0 Å². The molecule has 0 saturated carbocycles. The molecule has 1 amide bonds. The van der Waals surface area contributed by atoms with Gasteiger partial charge in [-0.2, -0.15) is 5.10 Å². The topological polar surface area (TPSA) is 51.1 Å². The molecule has 1 heterocycles. The molecule has 0 aliphatic carbocycles. The first-order chi connectivity index (χ1) is 14.6. The summed E-state index contributed by atoms with van der Waals surface area (Å²) in [5.41, 5.74) is 4.00. The number of hydrogen-bond acceptors (Lipinski definition) is 4. The van der Waals surface area contributed by atoms with Crippen LogP contribution in [0.4, 0.5) is 0 Å². The normalized spacial score (nSPS) is 15.6. The second-order valence-electron chi connectivity index (χ2n) is 7.25. The van der Waals surface area contributed by atoms with Gasteiger partial charge in [-0.25, -0.2) is 5.01 Å². The lowest BCUT2D eigenvalue weighted by atomic mass is 9.98. The van der Waals surface area contributed by atoms with Crippen LogP contribution >= 0.6 is 0 Å². The lowest BCUT2D eigenvalue weighted by Crippen LogP contribution is -2.31. The number of hydrazone groups is 1. The molecule has 0 N–H and O–H groups in total. The number of carbonyl (C=O) groups excluding carboxylic acids is 1. The van der Waals surface area contributed by atoms with Gasteiger partial charge in [-0.3, -0.25) is 4.79 Å². The van der Waals surface area contributed by atoms with Crippen LogP contribution in [-0.2, 0) is 4.79 Å². The average molecular weight is 400 g/mol. The number of rotatable bonds is 6. The monoisotopic (exact) mass is 400 g/mol. The van der Waals surface area contributed by atoms with Gasteiger partial charge in [0.2, 0.25) is 0 Å². The highest BCUT2D eigenvalue weighted by atomic mass is 16.5. The van der Waals surface area contributed by atoms with Gasteiger partial charge in [0.15, 0.2) is 6.61 Å². The van der Waals surface area contributed by atoms with E-state index >= 15 is 0 Å². The van der Waals surface area contributed by atoms with E-state index < -0.39 is 0 Å². The molecule has 3 aromatic carbocycles. The lowest BCUT2D eigenvalue weighted by molar-refractivity contribution is -0.135. The minimum atomic E-state index is -0.181. The zero-order valence-electron chi connectivity index (χ0n) is 17.1. The quantitative estimate of drug-likeness (QED) is 0.599. The van der Waals surface area contributed by atoms with Crippen molar-refractivity contribution in [2.75, 3.05) is 13.7 Å². The van der Waals surface area contributed by atoms with Crippen molar-refractivity contribution in [3.8, 4) is 11.5 Å². The Bertz CT molecular complexity index is 1050. The van der Waals surface area contributed by atoms with Gasteiger partial charge in [0.25, 0.3) is 5.91 Å². The molecule has 0 bridgehead atoms. The van der Waals surface area contributed by atoms with Gasteiger partial charge in [0, 0.05) is 6.42 Å². The number of methoxy groups -OCH3 is 1. The van der Waals surface area contributed by atoms with Crippen molar-refractivity contribution >= 4 is 11.6 Å². The molecule has 1 atom stereocenters. The fourth-order valence-electron chi connectivity index (χ4n) is 3.55. The second-order valence-corrected chi connectivity index (χ2v) is 7.25. The van der Waals surface area contributed by atoms with Crippen molar-refractivity contribution in [1.82, 2.24) is 5.01 Å². The molecule has 1 aliphatic heterocycles. The first kappa shape index (κ1) is 19.7. The minimum Gasteiger partial charge on any atom is -0.497 e. The van der Waals surface area contributed by atoms with Gasteiger partial charge >= 0.3 is 0 Å². The first-order valence-electron chi connectivity index (χ1n) is 9.92. The van der Waals surface area contributed by atoms with Crippen LogP contribution in [0.5, 0.6) is 11.5 Å². The molecule has 0 saturated heterocycles. The Kier molecular flexibility index (Phi) is 5.80. The molecule has 0 aromatic heterocycles. The number of hydrogen-bond donors (Lipinski definition) is 0. The van der Waals surface area contributed by atoms with Crippen LogP contribution in [0.25, 0.3) is 0 Å². The highest BCUT2D eigenvalue weighted by molar-refractivity contribution is 6.03. The van der Waals surface area contributed by atoms with E-state index in [4.69, 9.17) is 9.47 Å². The number of amides is 1. The van der Waals surface area contributed by atoms with E-state index in [1.165, 1.54) is 0 Å². The van der Waals surface area contributed by atoms with Crippen LogP contribution in [0.2, 0.25) is 0 Å². The summed E-state index contributed by atoms with van der Waals surface area (Å²) in [6.07, 6.45) is 0.645. The fourth-order valence-corrected chi connectivity index (χ4v) is 3.55. The molecular weight excluding hydrogens is 376 g/mol. The predicted molar refractivity (Wildman–Crippen MR) is 117 cm³/mol. The van der Waals surface area contributed by atoms with Crippen LogP contribution in [0, 0.1) is 6.92 Å². The van der Waals surface area contributed by atoms with Crippen LogP contribution in [0.1, 0.15) is 29.2 Å². The van der Waals surface area contributed by atoms with Crippen LogP contribution in [-0.4, -0.2) is 30.3 Å². The summed E-state index contributed by atoms with van der Waals surface area (Å²) in [6, 6.07) is 25.2. The molecule has 0 radical (unpaired) electrons. The van der Waals surface area contributed by atoms with Crippen molar-refractivity contribution in [3.63, 3.8) is 0 Å². The maximum Gasteiger partial charge on any atom is 0.281 e. The summed E-state index contributed by atoms with van der Waals surface area (Å²) < 4.78 is 11.0. The molecule has 30 heavy (non-hydrogen) atoms. The zero-order chi connectivity index (χ0) is 20.9. The predicted octanol–water partition coefficient (Wildman–Crippen LogP) is 4.76. The summed E-state index contributed by atoms with van der Waals surface area (Å²) >= 11 is 0. The van der Waals surface area contributed by atoms with Crippen molar-refractivity contribution < 1.29 is 14.3 Å². The van der Waals surface area contributed by atoms with Crippen LogP contribution < -0.4 is 9.47 Å². The molecule has 5 nitrogen and oxygen atoms in total. The third-order valence-corrected chi connectivity index (χ3v) is 5.13. The van der Waals surface area contributed by atoms with Gasteiger partial charge in [-0.1, -0.05) is 54.6 Å². The minimum absolute atomic E-state index is 0.0678. The average Bonchev–Trinajstić information content (AvgIpc) is 3.24. The van der Waals surface area contributed by atoms with E-state index in [0.717, 1.165) is 28.2 Å². The Morgan fingerprint density at radius 2 is 1.77 bits per heavy atom. The Balaban J connectivity index is 1.57. The van der Waals surface area contributed by atoms with E-state index in [2.05, 4.69) is 5.10 Å². The number of carbonyl (C=O) groups is 1. The van der Waals surface area contributed by atoms with Crippen molar-refractivity contribution in [2.45, 2.75) is 19.4 Å². The molecule has 0 spiro atoms. The smallest absolute Gasteiger partial charge is 0.281 e. The maximum atomic E-state index is 13.1. The molecular formula is C25H24N2O3. The SMILES string of the molecule is COc1ccc([C@@H]2CC(c3ccccc3)=NN2C(=O)COc2cccc(C)c2)cc1. The summed E-state index contributed by atoms with van der Waals surface area (Å²) in [7, 11) is 1.64. The zero-order valence-corrected chi connectivity index (χ0v) is 17.1. The highest BCUT2D eigenvalue weighted by Crippen LogP contribution is 2.33. The maximum absolute atomic E-state index is 13.1. The van der Waals surface area contributed by atoms with Crippen molar-refractivity contribution in [1.29, 1.82) is 0 Å². The second kappa shape index (κ2) is 8.82. The third-order valence-electron chi connectivity index (χ3n) is 5.13. The Labute approximate surface area is 176 Å². The molecule has 5 heteroatoms. The Morgan fingerprint density at radius 3 is 2.47 bits per heavy atom. The van der Waals surface area contributed by atoms with Gasteiger partial charge < -0.3 is 9.47 Å². The van der Waals surface area contributed by atoms with Gasteiger partial charge in [0.05, 0.1) is 18.9 Å². The van der Waals surface area contributed by atoms with Gasteiger partial charge in [0.1, 0.15) is 11.5 Å². The number of nitrogens with zero attached hydrogens (tertiary/aromatic N) is 2. The van der Waals surface area contributed by atoms with Crippen LogP contribution in [0.15, 0.2) is 84.0 Å². The van der Waals surface area contributed by atoms with E-state index in [1.807, 2.05) is 85.8 Å². The molecule has 152 valence electrons. The summed E-state index contributed by atoms with van der Waals surface area (Å²) in [5.74, 6) is 1.28. The highest BCUT2D eigenvalue weighted by Gasteiger charge is 2.33. The molecule has 3 aromatic rings. The van der Waals surface area contributed by atoms with E-state index in [1.54, 1.807) is 12.1 Å². The largest absolute Gasteiger partial charge is 0.497 e. The van der Waals surface area contributed by atoms with E-state index in [0.29, 0.717) is 12.2 Å². The molecule has 4 rings (SSSR count). The van der Waals surface area contributed by atoms with E-state index in [9.17, 15) is 4.79 Å². The summed E-state index contributed by atoms with van der Waals surface area (Å²) in [5, 5.41) is 6.23. The van der Waals surface area contributed by atoms with E-state index in [-0.39, 0.29) is 18.6 Å². The lowest BCUT2D eigenvalue weighted by Gasteiger charge is -2.22. The molecule has 0 fully saturated rings. The number of aryl methyl sites for hydroxylation is 1. The summed E-state index contributed by atoms with van der Waals surface area (Å²) in [6.45, 7) is 1.92. The van der Waals surface area contributed by atoms with Crippen molar-refractivity contribution in [3.05, 3.63) is 95.6 Å². The summed E-state index contributed by atoms with van der Waals surface area (Å²) in [4.78, 5) is 13.1.